The van der Waals surface area contributed by atoms with E-state index in [2.05, 4.69) is 10.3 Å². The first kappa shape index (κ1) is 15.5. The van der Waals surface area contributed by atoms with Gasteiger partial charge in [0.15, 0.2) is 0 Å². The van der Waals surface area contributed by atoms with E-state index in [0.29, 0.717) is 5.75 Å². The van der Waals surface area contributed by atoms with Crippen LogP contribution < -0.4 is 10.1 Å². The minimum Gasteiger partial charge on any atom is -0.497 e. The first-order chi connectivity index (χ1) is 10.6. The molecule has 114 valence electrons. The highest BCUT2D eigenvalue weighted by atomic mass is 16.5. The van der Waals surface area contributed by atoms with Gasteiger partial charge in [-0.1, -0.05) is 18.2 Å². The molecule has 0 aliphatic carbocycles. The van der Waals surface area contributed by atoms with Gasteiger partial charge in [-0.15, -0.1) is 0 Å². The van der Waals surface area contributed by atoms with Crippen LogP contribution in [0, 0.1) is 0 Å². The van der Waals surface area contributed by atoms with Crippen LogP contribution in [-0.2, 0) is 11.2 Å². The van der Waals surface area contributed by atoms with Crippen LogP contribution in [0.3, 0.4) is 0 Å². The molecule has 2 N–H and O–H groups in total. The predicted molar refractivity (Wildman–Crippen MR) is 79.8 cm³/mol. The van der Waals surface area contributed by atoms with Gasteiger partial charge >= 0.3 is 5.97 Å². The Hall–Kier alpha value is -2.89. The highest BCUT2D eigenvalue weighted by Crippen LogP contribution is 2.14. The molecular formula is C16H16N2O4. The fraction of sp³-hybridized carbons (Fsp3) is 0.188. The third-order valence-electron chi connectivity index (χ3n) is 3.07. The van der Waals surface area contributed by atoms with Crippen LogP contribution in [-0.4, -0.2) is 35.1 Å². The number of amides is 1. The fourth-order valence-corrected chi connectivity index (χ4v) is 1.96. The number of aromatic nitrogens is 1. The SMILES string of the molecule is COc1cccc(C[C@H](NC(=O)c2ccccn2)C(=O)O)c1. The molecule has 2 aromatic rings. The number of rotatable bonds is 6. The zero-order valence-corrected chi connectivity index (χ0v) is 12.0. The largest absolute Gasteiger partial charge is 0.497 e. The molecule has 0 unspecified atom stereocenters. The molecule has 0 saturated heterocycles. The number of carbonyl (C=O) groups excluding carboxylic acids is 1. The summed E-state index contributed by atoms with van der Waals surface area (Å²) >= 11 is 0. The Kier molecular flexibility index (Phi) is 5.08. The van der Waals surface area contributed by atoms with Gasteiger partial charge in [-0.25, -0.2) is 4.79 Å². The van der Waals surface area contributed by atoms with E-state index >= 15 is 0 Å². The summed E-state index contributed by atoms with van der Waals surface area (Å²) in [6.45, 7) is 0. The first-order valence-corrected chi connectivity index (χ1v) is 6.68. The van der Waals surface area contributed by atoms with Crippen LogP contribution in [0.1, 0.15) is 16.1 Å². The summed E-state index contributed by atoms with van der Waals surface area (Å²) in [5.74, 6) is -0.985. The molecule has 6 nitrogen and oxygen atoms in total. The van der Waals surface area contributed by atoms with Gasteiger partial charge in [0.1, 0.15) is 17.5 Å². The summed E-state index contributed by atoms with van der Waals surface area (Å²) in [6, 6.07) is 10.9. The van der Waals surface area contributed by atoms with Crippen LogP contribution in [0.5, 0.6) is 5.75 Å². The van der Waals surface area contributed by atoms with E-state index in [1.165, 1.54) is 19.4 Å². The summed E-state index contributed by atoms with van der Waals surface area (Å²) in [4.78, 5) is 27.3. The van der Waals surface area contributed by atoms with Gasteiger partial charge in [0.05, 0.1) is 7.11 Å². The van der Waals surface area contributed by atoms with Gasteiger partial charge in [-0.05, 0) is 29.8 Å². The number of nitrogens with zero attached hydrogens (tertiary/aromatic N) is 1. The third-order valence-corrected chi connectivity index (χ3v) is 3.07. The van der Waals surface area contributed by atoms with Crippen molar-refractivity contribution in [1.82, 2.24) is 10.3 Å². The average molecular weight is 300 g/mol. The molecule has 0 aliphatic rings. The maximum absolute atomic E-state index is 12.0. The fourth-order valence-electron chi connectivity index (χ4n) is 1.96. The van der Waals surface area contributed by atoms with Crippen LogP contribution >= 0.6 is 0 Å². The zero-order valence-electron chi connectivity index (χ0n) is 12.0. The van der Waals surface area contributed by atoms with Crippen LogP contribution in [0.15, 0.2) is 48.7 Å². The molecular weight excluding hydrogens is 284 g/mol. The van der Waals surface area contributed by atoms with Gasteiger partial charge in [-0.2, -0.15) is 0 Å². The summed E-state index contributed by atoms with van der Waals surface area (Å²) in [5.41, 5.74) is 0.937. The molecule has 1 amide bonds. The molecule has 22 heavy (non-hydrogen) atoms. The maximum Gasteiger partial charge on any atom is 0.326 e. The molecule has 0 radical (unpaired) electrons. The van der Waals surface area contributed by atoms with Gasteiger partial charge in [-0.3, -0.25) is 9.78 Å². The molecule has 0 bridgehead atoms. The Morgan fingerprint density at radius 2 is 2.09 bits per heavy atom. The molecule has 0 spiro atoms. The molecule has 1 heterocycles. The molecule has 0 saturated carbocycles. The number of pyridine rings is 1. The Balaban J connectivity index is 2.10. The van der Waals surface area contributed by atoms with Crippen LogP contribution in [0.2, 0.25) is 0 Å². The van der Waals surface area contributed by atoms with Gasteiger partial charge < -0.3 is 15.2 Å². The number of hydrogen-bond acceptors (Lipinski definition) is 4. The van der Waals surface area contributed by atoms with Crippen molar-refractivity contribution in [3.05, 3.63) is 59.9 Å². The number of benzene rings is 1. The third kappa shape index (κ3) is 4.05. The highest BCUT2D eigenvalue weighted by Gasteiger charge is 2.21. The van der Waals surface area contributed by atoms with E-state index in [1.54, 1.807) is 36.4 Å². The quantitative estimate of drug-likeness (QED) is 0.844. The summed E-state index contributed by atoms with van der Waals surface area (Å²) in [7, 11) is 1.54. The van der Waals surface area contributed by atoms with Crippen molar-refractivity contribution in [1.29, 1.82) is 0 Å². The van der Waals surface area contributed by atoms with Crippen molar-refractivity contribution in [2.24, 2.45) is 0 Å². The van der Waals surface area contributed by atoms with Gasteiger partial charge in [0, 0.05) is 12.6 Å². The summed E-state index contributed by atoms with van der Waals surface area (Å²) < 4.78 is 5.10. The van der Waals surface area contributed by atoms with Crippen molar-refractivity contribution >= 4 is 11.9 Å². The Morgan fingerprint density at radius 1 is 1.27 bits per heavy atom. The number of carbonyl (C=O) groups is 2. The molecule has 1 atom stereocenters. The molecule has 1 aromatic heterocycles. The molecule has 2 rings (SSSR count). The monoisotopic (exact) mass is 300 g/mol. The normalized spacial score (nSPS) is 11.5. The molecule has 0 aliphatic heterocycles. The van der Waals surface area contributed by atoms with Crippen molar-refractivity contribution < 1.29 is 19.4 Å². The van der Waals surface area contributed by atoms with Crippen molar-refractivity contribution in [3.63, 3.8) is 0 Å². The molecule has 6 heteroatoms. The number of methoxy groups -OCH3 is 1. The Labute approximate surface area is 127 Å². The van der Waals surface area contributed by atoms with Gasteiger partial charge in [0.25, 0.3) is 5.91 Å². The Bertz CT molecular complexity index is 658. The number of carboxylic acid groups (broad SMARTS) is 1. The van der Waals surface area contributed by atoms with Crippen molar-refractivity contribution in [2.75, 3.05) is 7.11 Å². The van der Waals surface area contributed by atoms with Crippen LogP contribution in [0.25, 0.3) is 0 Å². The number of carboxylic acids is 1. The predicted octanol–water partition coefficient (Wildman–Crippen LogP) is 1.52. The van der Waals surface area contributed by atoms with E-state index in [9.17, 15) is 14.7 Å². The molecule has 1 aromatic carbocycles. The van der Waals surface area contributed by atoms with E-state index in [1.807, 2.05) is 0 Å². The van der Waals surface area contributed by atoms with E-state index < -0.39 is 17.9 Å². The lowest BCUT2D eigenvalue weighted by Crippen LogP contribution is -2.42. The molecule has 0 fully saturated rings. The summed E-state index contributed by atoms with van der Waals surface area (Å²) in [5, 5.41) is 11.8. The lowest BCUT2D eigenvalue weighted by molar-refractivity contribution is -0.139. The second-order valence-corrected chi connectivity index (χ2v) is 4.63. The lowest BCUT2D eigenvalue weighted by atomic mass is 10.1. The number of hydrogen-bond donors (Lipinski definition) is 2. The van der Waals surface area contributed by atoms with E-state index in [-0.39, 0.29) is 12.1 Å². The second kappa shape index (κ2) is 7.21. The lowest BCUT2D eigenvalue weighted by Gasteiger charge is -2.14. The maximum atomic E-state index is 12.0. The average Bonchev–Trinajstić information content (AvgIpc) is 2.55. The topological polar surface area (TPSA) is 88.5 Å². The van der Waals surface area contributed by atoms with E-state index in [0.717, 1.165) is 5.56 Å². The standard InChI is InChI=1S/C16H16N2O4/c1-22-12-6-4-5-11(9-12)10-14(16(20)21)18-15(19)13-7-2-3-8-17-13/h2-9,14H,10H2,1H3,(H,18,19)(H,20,21)/t14-/m0/s1. The second-order valence-electron chi connectivity index (χ2n) is 4.63. The zero-order chi connectivity index (χ0) is 15.9. The number of ether oxygens (including phenoxy) is 1. The minimum absolute atomic E-state index is 0.158. The van der Waals surface area contributed by atoms with Crippen molar-refractivity contribution in [2.45, 2.75) is 12.5 Å². The summed E-state index contributed by atoms with van der Waals surface area (Å²) in [6.07, 6.45) is 1.64. The first-order valence-electron chi connectivity index (χ1n) is 6.68. The number of nitrogens with one attached hydrogen (secondary N) is 1. The van der Waals surface area contributed by atoms with Crippen LogP contribution in [0.4, 0.5) is 0 Å². The smallest absolute Gasteiger partial charge is 0.326 e. The van der Waals surface area contributed by atoms with E-state index in [4.69, 9.17) is 4.74 Å². The number of aliphatic carboxylic acids is 1. The highest BCUT2D eigenvalue weighted by molar-refractivity contribution is 5.94. The van der Waals surface area contributed by atoms with Gasteiger partial charge in [0.2, 0.25) is 0 Å². The van der Waals surface area contributed by atoms with Crippen molar-refractivity contribution in [3.8, 4) is 5.75 Å². The minimum atomic E-state index is -1.10. The Morgan fingerprint density at radius 3 is 2.73 bits per heavy atom.